The fraction of sp³-hybridized carbons (Fsp3) is 0.758. The van der Waals surface area contributed by atoms with Crippen LogP contribution in [-0.4, -0.2) is 91.9 Å². The first-order valence-electron chi connectivity index (χ1n) is 15.8. The third kappa shape index (κ3) is 9.29. The number of unbranched alkanes of at least 4 members (excludes halogenated alkanes) is 1. The zero-order valence-electron chi connectivity index (χ0n) is 26.1. The van der Waals surface area contributed by atoms with Gasteiger partial charge in [0, 0.05) is 18.8 Å². The zero-order valence-corrected chi connectivity index (χ0v) is 26.1. The van der Waals surface area contributed by atoms with Gasteiger partial charge in [-0.3, -0.25) is 9.59 Å². The number of fused-ring (bicyclic) bond motifs is 2. The average Bonchev–Trinajstić information content (AvgIpc) is 2.97. The van der Waals surface area contributed by atoms with E-state index in [-0.39, 0.29) is 36.7 Å². The number of carbonyl (C=O) groups is 2. The summed E-state index contributed by atoms with van der Waals surface area (Å²) in [5.74, 6) is -4.07. The largest absolute Gasteiger partial charge is 0.459 e. The van der Waals surface area contributed by atoms with Gasteiger partial charge in [0.05, 0.1) is 36.4 Å². The van der Waals surface area contributed by atoms with Crippen molar-refractivity contribution in [2.24, 2.45) is 11.8 Å². The third-order valence-electron chi connectivity index (χ3n) is 9.01. The number of allylic oxidation sites excluding steroid dienone is 1. The van der Waals surface area contributed by atoms with Gasteiger partial charge in [-0.15, -0.1) is 0 Å². The molecule has 3 aliphatic rings. The summed E-state index contributed by atoms with van der Waals surface area (Å²) in [5.41, 5.74) is 0.908. The Morgan fingerprint density at radius 1 is 0.953 bits per heavy atom. The Hall–Kier alpha value is -1.92. The van der Waals surface area contributed by atoms with Gasteiger partial charge in [0.25, 0.3) is 0 Å². The van der Waals surface area contributed by atoms with E-state index in [0.717, 1.165) is 12.8 Å². The van der Waals surface area contributed by atoms with Crippen LogP contribution in [0.25, 0.3) is 0 Å². The van der Waals surface area contributed by atoms with Crippen molar-refractivity contribution in [1.82, 2.24) is 0 Å². The molecule has 2 saturated heterocycles. The van der Waals surface area contributed by atoms with Gasteiger partial charge in [-0.25, -0.2) is 0 Å². The fourth-order valence-electron chi connectivity index (χ4n) is 6.09. The van der Waals surface area contributed by atoms with E-state index in [2.05, 4.69) is 6.58 Å². The van der Waals surface area contributed by atoms with E-state index in [0.29, 0.717) is 37.7 Å². The highest BCUT2D eigenvalue weighted by Gasteiger charge is 2.55. The summed E-state index contributed by atoms with van der Waals surface area (Å²) in [4.78, 5) is 25.9. The van der Waals surface area contributed by atoms with Crippen LogP contribution < -0.4 is 0 Å². The number of hydrogen-bond acceptors (Lipinski definition) is 10. The molecule has 11 atom stereocenters. The molecule has 10 heteroatoms. The lowest BCUT2D eigenvalue weighted by atomic mass is 9.85. The van der Waals surface area contributed by atoms with Crippen LogP contribution in [0.15, 0.2) is 36.0 Å². The SMILES string of the molecule is C=C1/C=C/[C@H](O)[C@@H](C)C(=O)O[C@H](CCCC)[C@H](O)CC[C@H]2C[C@H]3CC[C@@H](O)[C@@](O3)(O2)[C@H](O)C/C(C)=C/[C@@H](C)C(=O)C[C@@H]1O. The summed E-state index contributed by atoms with van der Waals surface area (Å²) in [6.07, 6.45) is 1.44. The van der Waals surface area contributed by atoms with Gasteiger partial charge in [-0.2, -0.15) is 0 Å². The van der Waals surface area contributed by atoms with Crippen LogP contribution in [0.3, 0.4) is 0 Å². The van der Waals surface area contributed by atoms with E-state index >= 15 is 0 Å². The molecule has 5 N–H and O–H groups in total. The molecular weight excluding hydrogens is 556 g/mol. The van der Waals surface area contributed by atoms with E-state index in [1.54, 1.807) is 19.9 Å². The smallest absolute Gasteiger partial charge is 0.311 e. The maximum Gasteiger partial charge on any atom is 0.311 e. The predicted octanol–water partition coefficient (Wildman–Crippen LogP) is 3.03. The van der Waals surface area contributed by atoms with Gasteiger partial charge in [0.1, 0.15) is 24.1 Å². The highest BCUT2D eigenvalue weighted by Crippen LogP contribution is 2.43. The Morgan fingerprint density at radius 2 is 1.60 bits per heavy atom. The standard InChI is InChI=1S/C33H52O10/c1-6-7-8-29-26(35)13-10-23-17-24-11-14-30(38)33(42-23,43-24)31(39)16-19(2)15-21(4)28(37)18-27(36)20(3)9-12-25(34)22(5)32(40)41-29/h9,12,15,21-27,29-31,34-36,38-39H,3,6-8,10-11,13-14,16-18H2,1-2,4-5H3/b12-9+,19-15+/t21-,22-,23+,24-,25+,26-,27+,29-,30-,31-,33+/m1/s1. The van der Waals surface area contributed by atoms with Crippen LogP contribution in [0, 0.1) is 11.8 Å². The summed E-state index contributed by atoms with van der Waals surface area (Å²) in [7, 11) is 0. The van der Waals surface area contributed by atoms with Crippen molar-refractivity contribution in [2.75, 3.05) is 0 Å². The van der Waals surface area contributed by atoms with Gasteiger partial charge in [-0.1, -0.05) is 50.6 Å². The van der Waals surface area contributed by atoms with Crippen molar-refractivity contribution in [1.29, 1.82) is 0 Å². The molecule has 3 aliphatic heterocycles. The topological polar surface area (TPSA) is 163 Å². The van der Waals surface area contributed by atoms with Crippen molar-refractivity contribution >= 4 is 11.8 Å². The molecule has 244 valence electrons. The van der Waals surface area contributed by atoms with Crippen LogP contribution in [0.1, 0.15) is 91.9 Å². The molecule has 3 rings (SSSR count). The summed E-state index contributed by atoms with van der Waals surface area (Å²) < 4.78 is 18.1. The van der Waals surface area contributed by atoms with E-state index < -0.39 is 66.3 Å². The lowest BCUT2D eigenvalue weighted by Gasteiger charge is -2.52. The van der Waals surface area contributed by atoms with E-state index in [4.69, 9.17) is 14.2 Å². The molecule has 0 aromatic carbocycles. The molecule has 43 heavy (non-hydrogen) atoms. The van der Waals surface area contributed by atoms with Gasteiger partial charge >= 0.3 is 5.97 Å². The molecule has 0 amide bonds. The minimum atomic E-state index is -1.64. The number of rotatable bonds is 3. The number of ketones is 1. The summed E-state index contributed by atoms with van der Waals surface area (Å²) in [5, 5.41) is 54.7. The summed E-state index contributed by atoms with van der Waals surface area (Å²) >= 11 is 0. The highest BCUT2D eigenvalue weighted by atomic mass is 16.7. The lowest BCUT2D eigenvalue weighted by molar-refractivity contribution is -0.397. The molecular formula is C33H52O10. The Bertz CT molecular complexity index is 1020. The first-order valence-corrected chi connectivity index (χ1v) is 15.8. The molecule has 0 radical (unpaired) electrons. The maximum atomic E-state index is 13.0. The van der Waals surface area contributed by atoms with Crippen LogP contribution in [0.4, 0.5) is 0 Å². The van der Waals surface area contributed by atoms with Crippen molar-refractivity contribution in [3.63, 3.8) is 0 Å². The van der Waals surface area contributed by atoms with E-state index in [9.17, 15) is 35.1 Å². The number of aliphatic hydroxyl groups is 5. The number of esters is 1. The van der Waals surface area contributed by atoms with Crippen LogP contribution in [-0.2, 0) is 23.8 Å². The Kier molecular flexibility index (Phi) is 13.1. The number of Topliss-reactive ketones (excluding diaryl/α,β-unsaturated/α-hetero) is 1. The molecule has 0 aromatic rings. The Balaban J connectivity index is 1.90. The van der Waals surface area contributed by atoms with E-state index in [1.165, 1.54) is 19.1 Å². The van der Waals surface area contributed by atoms with Crippen LogP contribution >= 0.6 is 0 Å². The van der Waals surface area contributed by atoms with Crippen LogP contribution in [0.5, 0.6) is 0 Å². The minimum absolute atomic E-state index is 0.0971. The number of carbonyl (C=O) groups excluding carboxylic acids is 2. The van der Waals surface area contributed by atoms with Gasteiger partial charge in [-0.05, 0) is 64.4 Å². The molecule has 2 fully saturated rings. The lowest BCUT2D eigenvalue weighted by Crippen LogP contribution is -2.65. The van der Waals surface area contributed by atoms with Gasteiger partial charge < -0.3 is 39.7 Å². The summed E-state index contributed by atoms with van der Waals surface area (Å²) in [6.45, 7) is 10.8. The van der Waals surface area contributed by atoms with Crippen molar-refractivity contribution in [2.45, 2.75) is 147 Å². The van der Waals surface area contributed by atoms with Crippen LogP contribution in [0.2, 0.25) is 0 Å². The Morgan fingerprint density at radius 3 is 2.26 bits per heavy atom. The molecule has 10 nitrogen and oxygen atoms in total. The van der Waals surface area contributed by atoms with Crippen molar-refractivity contribution in [3.05, 3.63) is 36.0 Å². The quantitative estimate of drug-likeness (QED) is 0.238. The summed E-state index contributed by atoms with van der Waals surface area (Å²) in [6, 6.07) is 0. The molecule has 0 saturated carbocycles. The molecule has 0 unspecified atom stereocenters. The zero-order chi connectivity index (χ0) is 31.9. The molecule has 3 heterocycles. The minimum Gasteiger partial charge on any atom is -0.459 e. The monoisotopic (exact) mass is 608 g/mol. The Labute approximate surface area is 255 Å². The second kappa shape index (κ2) is 15.9. The predicted molar refractivity (Wildman–Crippen MR) is 160 cm³/mol. The second-order valence-corrected chi connectivity index (χ2v) is 12.7. The first kappa shape index (κ1) is 35.6. The second-order valence-electron chi connectivity index (χ2n) is 12.7. The number of hydrogen-bond donors (Lipinski definition) is 5. The van der Waals surface area contributed by atoms with Gasteiger partial charge in [0.15, 0.2) is 0 Å². The van der Waals surface area contributed by atoms with E-state index in [1.807, 2.05) is 6.92 Å². The third-order valence-corrected chi connectivity index (χ3v) is 9.01. The van der Waals surface area contributed by atoms with Gasteiger partial charge in [0.2, 0.25) is 5.79 Å². The van der Waals surface area contributed by atoms with Crippen molar-refractivity contribution in [3.8, 4) is 0 Å². The normalized spacial score (nSPS) is 43.0. The molecule has 3 bridgehead atoms. The molecule has 1 spiro atoms. The average molecular weight is 609 g/mol. The fourth-order valence-corrected chi connectivity index (χ4v) is 6.09. The number of aliphatic hydroxyl groups excluding tert-OH is 5. The highest BCUT2D eigenvalue weighted by molar-refractivity contribution is 5.83. The first-order chi connectivity index (χ1) is 20.3. The molecule has 0 aliphatic carbocycles. The molecule has 0 aromatic heterocycles. The number of ether oxygens (including phenoxy) is 3. The maximum absolute atomic E-state index is 13.0. The van der Waals surface area contributed by atoms with Crippen molar-refractivity contribution < 1.29 is 49.3 Å². The number of cyclic esters (lactones) is 1.